The van der Waals surface area contributed by atoms with Gasteiger partial charge in [-0.2, -0.15) is 0 Å². The first-order chi connectivity index (χ1) is 28.7. The highest BCUT2D eigenvalue weighted by atomic mass is 15.0. The fourth-order valence-corrected chi connectivity index (χ4v) is 10.3. The average Bonchev–Trinajstić information content (AvgIpc) is 3.87. The second-order valence-corrected chi connectivity index (χ2v) is 16.0. The number of benzene rings is 9. The molecule has 14 aromatic rings. The molecule has 58 heavy (non-hydrogen) atoms. The van der Waals surface area contributed by atoms with Crippen molar-refractivity contribution in [2.24, 2.45) is 0 Å². The van der Waals surface area contributed by atoms with E-state index in [1.54, 1.807) is 0 Å². The van der Waals surface area contributed by atoms with E-state index in [1.165, 1.54) is 109 Å². The van der Waals surface area contributed by atoms with Gasteiger partial charge in [-0.05, 0) is 98.0 Å². The van der Waals surface area contributed by atoms with Crippen LogP contribution >= 0.6 is 0 Å². The number of hydrogen-bond acceptors (Lipinski definition) is 1. The van der Waals surface area contributed by atoms with E-state index in [0.29, 0.717) is 0 Å². The highest BCUT2D eigenvalue weighted by Crippen LogP contribution is 2.42. The first-order valence-corrected chi connectivity index (χ1v) is 20.0. The van der Waals surface area contributed by atoms with Gasteiger partial charge in [-0.3, -0.25) is 4.40 Å². The summed E-state index contributed by atoms with van der Waals surface area (Å²) in [6.07, 6.45) is 0. The van der Waals surface area contributed by atoms with Gasteiger partial charge in [0.05, 0.1) is 33.1 Å². The summed E-state index contributed by atoms with van der Waals surface area (Å²) < 4.78 is 4.86. The van der Waals surface area contributed by atoms with Gasteiger partial charge in [0.1, 0.15) is 5.65 Å². The molecule has 0 saturated heterocycles. The van der Waals surface area contributed by atoms with Crippen LogP contribution in [0.15, 0.2) is 188 Å². The zero-order valence-corrected chi connectivity index (χ0v) is 31.2. The zero-order chi connectivity index (χ0) is 37.6. The van der Waals surface area contributed by atoms with Gasteiger partial charge in [0.25, 0.3) is 0 Å². The topological polar surface area (TPSA) is 21.7 Å². The lowest BCUT2D eigenvalue weighted by Crippen LogP contribution is -1.95. The van der Waals surface area contributed by atoms with Gasteiger partial charge in [0.15, 0.2) is 0 Å². The largest absolute Gasteiger partial charge is 0.309 e. The van der Waals surface area contributed by atoms with Crippen molar-refractivity contribution in [1.29, 1.82) is 0 Å². The van der Waals surface area contributed by atoms with E-state index in [1.807, 2.05) is 0 Å². The third-order valence-corrected chi connectivity index (χ3v) is 12.9. The van der Waals surface area contributed by atoms with Crippen molar-refractivity contribution in [2.45, 2.75) is 0 Å². The molecule has 0 atom stereocenters. The molecule has 0 radical (unpaired) electrons. The van der Waals surface area contributed by atoms with Gasteiger partial charge in [-0.25, -0.2) is 4.98 Å². The van der Waals surface area contributed by atoms with Crippen molar-refractivity contribution in [1.82, 2.24) is 13.8 Å². The minimum Gasteiger partial charge on any atom is -0.309 e. The molecule has 0 aliphatic rings. The summed E-state index contributed by atoms with van der Waals surface area (Å²) in [6, 6.07) is 69.7. The molecule has 0 N–H and O–H groups in total. The van der Waals surface area contributed by atoms with Gasteiger partial charge in [-0.1, -0.05) is 133 Å². The Morgan fingerprint density at radius 3 is 1.67 bits per heavy atom. The van der Waals surface area contributed by atoms with E-state index in [4.69, 9.17) is 4.98 Å². The van der Waals surface area contributed by atoms with Crippen molar-refractivity contribution < 1.29 is 0 Å². The summed E-state index contributed by atoms with van der Waals surface area (Å²) in [7, 11) is 0. The Kier molecular flexibility index (Phi) is 5.76. The molecule has 14 rings (SSSR count). The van der Waals surface area contributed by atoms with Gasteiger partial charge >= 0.3 is 0 Å². The van der Waals surface area contributed by atoms with Crippen LogP contribution in [0.2, 0.25) is 0 Å². The molecule has 5 aromatic heterocycles. The quantitative estimate of drug-likeness (QED) is 0.122. The lowest BCUT2D eigenvalue weighted by Gasteiger charge is -2.15. The average molecular weight is 734 g/mol. The summed E-state index contributed by atoms with van der Waals surface area (Å²) in [5, 5.41) is 18.6. The SMILES string of the molecule is c1ccc2cc3c(cc2c1)c1c2ccc(-c4ccc5cc6c7ccc8ccccc8c7c7cc8ccccc8nc7n6c5c4)cc2ccc1c1cc2ccccc2n31. The molecule has 3 heteroatoms. The Morgan fingerprint density at radius 2 is 0.810 bits per heavy atom. The first kappa shape index (κ1) is 30.5. The number of nitrogens with zero attached hydrogens (tertiary/aromatic N) is 3. The second kappa shape index (κ2) is 11.0. The van der Waals surface area contributed by atoms with Crippen LogP contribution in [0, 0.1) is 0 Å². The highest BCUT2D eigenvalue weighted by Gasteiger charge is 2.19. The lowest BCUT2D eigenvalue weighted by molar-refractivity contribution is 1.28. The molecule has 5 heterocycles. The number of fused-ring (bicyclic) bond motifs is 22. The normalized spacial score (nSPS) is 12.5. The number of pyridine rings is 3. The first-order valence-electron chi connectivity index (χ1n) is 20.0. The van der Waals surface area contributed by atoms with Crippen LogP contribution in [-0.2, 0) is 0 Å². The minimum absolute atomic E-state index is 0.985. The molecule has 0 aliphatic carbocycles. The van der Waals surface area contributed by atoms with Crippen LogP contribution in [0.1, 0.15) is 0 Å². The van der Waals surface area contributed by atoms with E-state index < -0.39 is 0 Å². The van der Waals surface area contributed by atoms with E-state index in [2.05, 4.69) is 197 Å². The zero-order valence-electron chi connectivity index (χ0n) is 31.2. The number of para-hydroxylation sites is 2. The Labute approximate surface area is 331 Å². The minimum atomic E-state index is 0.985. The van der Waals surface area contributed by atoms with Gasteiger partial charge in [-0.15, -0.1) is 0 Å². The third kappa shape index (κ3) is 3.99. The van der Waals surface area contributed by atoms with E-state index in [-0.39, 0.29) is 0 Å². The van der Waals surface area contributed by atoms with Crippen LogP contribution in [0.3, 0.4) is 0 Å². The molecular weight excluding hydrogens is 703 g/mol. The fourth-order valence-electron chi connectivity index (χ4n) is 10.3. The maximum atomic E-state index is 5.40. The maximum Gasteiger partial charge on any atom is 0.146 e. The van der Waals surface area contributed by atoms with E-state index in [0.717, 1.165) is 22.1 Å². The summed E-state index contributed by atoms with van der Waals surface area (Å²) in [5.74, 6) is 0. The van der Waals surface area contributed by atoms with Crippen LogP contribution in [-0.4, -0.2) is 13.8 Å². The van der Waals surface area contributed by atoms with Gasteiger partial charge < -0.3 is 4.40 Å². The monoisotopic (exact) mass is 733 g/mol. The number of rotatable bonds is 1. The van der Waals surface area contributed by atoms with Crippen molar-refractivity contribution in [2.75, 3.05) is 0 Å². The van der Waals surface area contributed by atoms with Gasteiger partial charge in [0.2, 0.25) is 0 Å². The van der Waals surface area contributed by atoms with Crippen molar-refractivity contribution >= 4 is 120 Å². The van der Waals surface area contributed by atoms with Crippen LogP contribution in [0.4, 0.5) is 0 Å². The maximum absolute atomic E-state index is 5.40. The summed E-state index contributed by atoms with van der Waals surface area (Å²) >= 11 is 0. The molecule has 0 bridgehead atoms. The molecule has 0 amide bonds. The molecule has 9 aromatic carbocycles. The van der Waals surface area contributed by atoms with Gasteiger partial charge in [0, 0.05) is 48.5 Å². The predicted octanol–water partition coefficient (Wildman–Crippen LogP) is 14.8. The fraction of sp³-hybridized carbons (Fsp3) is 0. The Hall–Kier alpha value is -7.75. The van der Waals surface area contributed by atoms with Crippen LogP contribution < -0.4 is 0 Å². The van der Waals surface area contributed by atoms with Crippen molar-refractivity contribution in [3.05, 3.63) is 188 Å². The molecule has 0 saturated carbocycles. The molecule has 0 unspecified atom stereocenters. The van der Waals surface area contributed by atoms with Crippen LogP contribution in [0.25, 0.3) is 131 Å². The van der Waals surface area contributed by atoms with Crippen molar-refractivity contribution in [3.8, 4) is 11.1 Å². The Morgan fingerprint density at radius 1 is 0.276 bits per heavy atom. The third-order valence-electron chi connectivity index (χ3n) is 12.9. The standard InChI is InChI=1S/C55H31N3/c1-2-11-34-29-52-45(26-33(34)10-1)53-42-22-20-35(25-37(42)21-24-43(53)50-30-39-13-5-8-16-48(39)57(50)52)36-17-18-40-31-51-44-23-19-32-9-3-6-14-41(32)54(44)46-27-38-12-4-7-15-47(38)56-55(46)58(51)49(40)28-36/h1-31H. The van der Waals surface area contributed by atoms with Crippen LogP contribution in [0.5, 0.6) is 0 Å². The van der Waals surface area contributed by atoms with Crippen molar-refractivity contribution in [3.63, 3.8) is 0 Å². The molecule has 266 valence electrons. The molecular formula is C55H31N3. The Bertz CT molecular complexity index is 4150. The molecule has 0 aliphatic heterocycles. The van der Waals surface area contributed by atoms with E-state index >= 15 is 0 Å². The number of hydrogen-bond donors (Lipinski definition) is 0. The smallest absolute Gasteiger partial charge is 0.146 e. The van der Waals surface area contributed by atoms with E-state index in [9.17, 15) is 0 Å². The summed E-state index contributed by atoms with van der Waals surface area (Å²) in [4.78, 5) is 5.40. The Balaban J connectivity index is 1.04. The lowest BCUT2D eigenvalue weighted by atomic mass is 9.94. The summed E-state index contributed by atoms with van der Waals surface area (Å²) in [5.41, 5.74) is 10.4. The summed E-state index contributed by atoms with van der Waals surface area (Å²) in [6.45, 7) is 0. The highest BCUT2D eigenvalue weighted by molar-refractivity contribution is 6.27. The predicted molar refractivity (Wildman–Crippen MR) is 247 cm³/mol. The molecule has 0 spiro atoms. The molecule has 0 fully saturated rings. The molecule has 3 nitrogen and oxygen atoms in total. The number of aromatic nitrogens is 3. The second-order valence-electron chi connectivity index (χ2n) is 16.0.